The molecule has 2 unspecified atom stereocenters. The fraction of sp³-hybridized carbons (Fsp3) is 0.529. The fourth-order valence-electron chi connectivity index (χ4n) is 3.31. The Morgan fingerprint density at radius 1 is 1.10 bits per heavy atom. The Kier molecular flexibility index (Phi) is 4.06. The maximum atomic E-state index is 12.6. The molecule has 1 N–H and O–H groups in total. The Balaban J connectivity index is 1.71. The van der Waals surface area contributed by atoms with Gasteiger partial charge in [-0.25, -0.2) is 0 Å². The predicted octanol–water partition coefficient (Wildman–Crippen LogP) is 2.25. The number of hydrogen-bond donors (Lipinski definition) is 1. The minimum absolute atomic E-state index is 0.0832. The maximum absolute atomic E-state index is 12.6. The van der Waals surface area contributed by atoms with Crippen LogP contribution in [0.2, 0.25) is 0 Å². The van der Waals surface area contributed by atoms with Crippen LogP contribution in [0.5, 0.6) is 0 Å². The molecule has 1 aromatic rings. The van der Waals surface area contributed by atoms with Crippen LogP contribution in [0, 0.1) is 0 Å². The first-order valence-corrected chi connectivity index (χ1v) is 7.86. The number of amides is 1. The van der Waals surface area contributed by atoms with Crippen molar-refractivity contribution in [2.45, 2.75) is 44.7 Å². The first kappa shape index (κ1) is 14.3. The highest BCUT2D eigenvalue weighted by Gasteiger charge is 2.31. The van der Waals surface area contributed by atoms with Crippen LogP contribution in [0.1, 0.15) is 53.3 Å². The lowest BCUT2D eigenvalue weighted by atomic mass is 10.0. The van der Waals surface area contributed by atoms with E-state index >= 15 is 0 Å². The number of fused-ring (bicyclic) bond motifs is 2. The van der Waals surface area contributed by atoms with Gasteiger partial charge in [-0.05, 0) is 31.4 Å². The molecule has 0 aromatic heterocycles. The summed E-state index contributed by atoms with van der Waals surface area (Å²) < 4.78 is 0. The molecule has 2 saturated heterocycles. The zero-order chi connectivity index (χ0) is 14.8. The molecule has 0 aliphatic carbocycles. The number of carbonyl (C=O) groups excluding carboxylic acids is 2. The summed E-state index contributed by atoms with van der Waals surface area (Å²) in [5, 5.41) is 3.58. The summed E-state index contributed by atoms with van der Waals surface area (Å²) in [6.07, 6.45) is 3.93. The summed E-state index contributed by atoms with van der Waals surface area (Å²) >= 11 is 0. The van der Waals surface area contributed by atoms with Crippen LogP contribution in [-0.4, -0.2) is 41.8 Å². The van der Waals surface area contributed by atoms with E-state index in [0.717, 1.165) is 19.5 Å². The summed E-state index contributed by atoms with van der Waals surface area (Å²) in [5.41, 5.74) is 1.37. The average molecular weight is 286 g/mol. The van der Waals surface area contributed by atoms with Gasteiger partial charge in [-0.2, -0.15) is 0 Å². The minimum Gasteiger partial charge on any atom is -0.337 e. The van der Waals surface area contributed by atoms with Gasteiger partial charge < -0.3 is 10.2 Å². The highest BCUT2D eigenvalue weighted by molar-refractivity contribution is 5.98. The van der Waals surface area contributed by atoms with Crippen LogP contribution in [0.25, 0.3) is 0 Å². The standard InChI is InChI=1S/C17H22N2O2/c1-2-16(20)12-3-5-13(6-4-12)17(21)19-10-9-14-7-8-15(11-19)18-14/h3-6,14-15,18H,2,7-11H2,1H3. The van der Waals surface area contributed by atoms with E-state index in [1.165, 1.54) is 12.8 Å². The molecule has 3 rings (SSSR count). The minimum atomic E-state index is 0.0832. The molecular weight excluding hydrogens is 264 g/mol. The quantitative estimate of drug-likeness (QED) is 0.867. The molecule has 21 heavy (non-hydrogen) atoms. The van der Waals surface area contributed by atoms with Crippen molar-refractivity contribution in [1.29, 1.82) is 0 Å². The second-order valence-electron chi connectivity index (χ2n) is 6.03. The summed E-state index contributed by atoms with van der Waals surface area (Å²) in [6, 6.07) is 8.12. The zero-order valence-corrected chi connectivity index (χ0v) is 12.5. The van der Waals surface area contributed by atoms with Gasteiger partial charge in [0.05, 0.1) is 0 Å². The van der Waals surface area contributed by atoms with Gasteiger partial charge >= 0.3 is 0 Å². The van der Waals surface area contributed by atoms with Gasteiger partial charge in [-0.3, -0.25) is 9.59 Å². The highest BCUT2D eigenvalue weighted by atomic mass is 16.2. The SMILES string of the molecule is CCC(=O)c1ccc(C(=O)N2CCC3CCC(C2)N3)cc1. The van der Waals surface area contributed by atoms with Gasteiger partial charge in [0, 0.05) is 42.7 Å². The monoisotopic (exact) mass is 286 g/mol. The number of likely N-dealkylation sites (tertiary alicyclic amines) is 1. The second-order valence-corrected chi connectivity index (χ2v) is 6.03. The van der Waals surface area contributed by atoms with Crippen molar-refractivity contribution in [3.63, 3.8) is 0 Å². The smallest absolute Gasteiger partial charge is 0.253 e. The van der Waals surface area contributed by atoms with E-state index < -0.39 is 0 Å². The van der Waals surface area contributed by atoms with Crippen LogP contribution < -0.4 is 5.32 Å². The zero-order valence-electron chi connectivity index (χ0n) is 12.5. The highest BCUT2D eigenvalue weighted by Crippen LogP contribution is 2.21. The Labute approximate surface area is 125 Å². The third-order valence-electron chi connectivity index (χ3n) is 4.59. The summed E-state index contributed by atoms with van der Waals surface area (Å²) in [7, 11) is 0. The van der Waals surface area contributed by atoms with E-state index in [1.54, 1.807) is 24.3 Å². The molecule has 2 bridgehead atoms. The molecule has 0 radical (unpaired) electrons. The molecule has 4 nitrogen and oxygen atoms in total. The molecule has 0 spiro atoms. The summed E-state index contributed by atoms with van der Waals surface area (Å²) in [4.78, 5) is 26.2. The molecule has 4 heteroatoms. The first-order chi connectivity index (χ1) is 10.2. The average Bonchev–Trinajstić information content (AvgIpc) is 2.85. The largest absolute Gasteiger partial charge is 0.337 e. The van der Waals surface area contributed by atoms with E-state index in [4.69, 9.17) is 0 Å². The van der Waals surface area contributed by atoms with Crippen LogP contribution in [-0.2, 0) is 0 Å². The van der Waals surface area contributed by atoms with Gasteiger partial charge in [-0.15, -0.1) is 0 Å². The van der Waals surface area contributed by atoms with Crippen LogP contribution in [0.4, 0.5) is 0 Å². The predicted molar refractivity (Wildman–Crippen MR) is 81.5 cm³/mol. The number of benzene rings is 1. The van der Waals surface area contributed by atoms with Crippen molar-refractivity contribution in [2.24, 2.45) is 0 Å². The van der Waals surface area contributed by atoms with Crippen molar-refractivity contribution in [3.8, 4) is 0 Å². The third kappa shape index (κ3) is 3.00. The molecule has 112 valence electrons. The van der Waals surface area contributed by atoms with E-state index in [-0.39, 0.29) is 11.7 Å². The van der Waals surface area contributed by atoms with Gasteiger partial charge in [0.1, 0.15) is 0 Å². The van der Waals surface area contributed by atoms with E-state index in [2.05, 4.69) is 5.32 Å². The Morgan fingerprint density at radius 3 is 2.48 bits per heavy atom. The van der Waals surface area contributed by atoms with E-state index in [0.29, 0.717) is 29.6 Å². The molecule has 0 saturated carbocycles. The second kappa shape index (κ2) is 5.98. The topological polar surface area (TPSA) is 49.4 Å². The normalized spacial score (nSPS) is 24.7. The number of Topliss-reactive ketones (excluding diaryl/α,β-unsaturated/α-hetero) is 1. The number of ketones is 1. The molecular formula is C17H22N2O2. The van der Waals surface area contributed by atoms with Gasteiger partial charge in [-0.1, -0.05) is 19.1 Å². The van der Waals surface area contributed by atoms with Crippen molar-refractivity contribution in [3.05, 3.63) is 35.4 Å². The fourth-order valence-corrected chi connectivity index (χ4v) is 3.31. The third-order valence-corrected chi connectivity index (χ3v) is 4.59. The number of nitrogens with zero attached hydrogens (tertiary/aromatic N) is 1. The van der Waals surface area contributed by atoms with Gasteiger partial charge in [0.15, 0.2) is 5.78 Å². The Morgan fingerprint density at radius 2 is 1.76 bits per heavy atom. The van der Waals surface area contributed by atoms with Crippen LogP contribution in [0.15, 0.2) is 24.3 Å². The molecule has 2 heterocycles. The maximum Gasteiger partial charge on any atom is 0.253 e. The summed E-state index contributed by atoms with van der Waals surface area (Å²) in [6.45, 7) is 3.47. The molecule has 2 atom stereocenters. The van der Waals surface area contributed by atoms with Crippen molar-refractivity contribution < 1.29 is 9.59 Å². The summed E-state index contributed by atoms with van der Waals surface area (Å²) in [5.74, 6) is 0.199. The number of hydrogen-bond acceptors (Lipinski definition) is 3. The van der Waals surface area contributed by atoms with E-state index in [9.17, 15) is 9.59 Å². The van der Waals surface area contributed by atoms with Crippen molar-refractivity contribution in [2.75, 3.05) is 13.1 Å². The lowest BCUT2D eigenvalue weighted by Gasteiger charge is -2.24. The van der Waals surface area contributed by atoms with Gasteiger partial charge in [0.2, 0.25) is 0 Å². The lowest BCUT2D eigenvalue weighted by Crippen LogP contribution is -2.39. The molecule has 1 amide bonds. The Bertz CT molecular complexity index is 538. The number of carbonyl (C=O) groups is 2. The molecule has 2 aliphatic heterocycles. The molecule has 1 aromatic carbocycles. The lowest BCUT2D eigenvalue weighted by molar-refractivity contribution is 0.0747. The Hall–Kier alpha value is -1.68. The van der Waals surface area contributed by atoms with Gasteiger partial charge in [0.25, 0.3) is 5.91 Å². The van der Waals surface area contributed by atoms with E-state index in [1.807, 2.05) is 11.8 Å². The van der Waals surface area contributed by atoms with Crippen molar-refractivity contribution >= 4 is 11.7 Å². The molecule has 2 aliphatic rings. The number of nitrogens with one attached hydrogen (secondary N) is 1. The number of rotatable bonds is 3. The molecule has 2 fully saturated rings. The van der Waals surface area contributed by atoms with Crippen LogP contribution in [0.3, 0.4) is 0 Å². The van der Waals surface area contributed by atoms with Crippen molar-refractivity contribution in [1.82, 2.24) is 10.2 Å². The first-order valence-electron chi connectivity index (χ1n) is 7.86. The van der Waals surface area contributed by atoms with Crippen LogP contribution >= 0.6 is 0 Å².